The smallest absolute Gasteiger partial charge is 0.335 e. The number of aliphatic carboxylic acids is 1. The molecule has 1 aromatic rings. The third kappa shape index (κ3) is 4.87. The second-order valence-corrected chi connectivity index (χ2v) is 4.68. The van der Waals surface area contributed by atoms with Crippen molar-refractivity contribution >= 4 is 17.6 Å². The number of benzene rings is 1. The topological polar surface area (TPSA) is 191 Å². The molecule has 0 saturated carbocycles. The van der Waals surface area contributed by atoms with E-state index in [4.69, 9.17) is 36.4 Å². The Morgan fingerprint density at radius 2 is 1.43 bits per heavy atom. The average molecular weight is 331 g/mol. The Labute approximate surface area is 130 Å². The van der Waals surface area contributed by atoms with Crippen molar-refractivity contribution in [3.05, 3.63) is 29.8 Å². The van der Waals surface area contributed by atoms with Crippen LogP contribution in [-0.2, 0) is 9.53 Å². The molecule has 1 saturated heterocycles. The monoisotopic (exact) mass is 331 g/mol. The van der Waals surface area contributed by atoms with Gasteiger partial charge >= 0.3 is 11.9 Å². The zero-order valence-electron chi connectivity index (χ0n) is 11.7. The minimum absolute atomic E-state index is 0.259. The Morgan fingerprint density at radius 1 is 0.913 bits per heavy atom. The molecule has 1 unspecified atom stereocenters. The molecule has 0 bridgehead atoms. The van der Waals surface area contributed by atoms with Crippen LogP contribution in [0, 0.1) is 0 Å². The molecule has 2 rings (SSSR count). The Hall–Kier alpha value is -2.24. The molecule has 10 nitrogen and oxygen atoms in total. The van der Waals surface area contributed by atoms with Crippen molar-refractivity contribution in [3.63, 3.8) is 0 Å². The predicted octanol–water partition coefficient (Wildman–Crippen LogP) is -2.16. The fourth-order valence-electron chi connectivity index (χ4n) is 1.69. The van der Waals surface area contributed by atoms with E-state index in [0.717, 1.165) is 0 Å². The van der Waals surface area contributed by atoms with Gasteiger partial charge in [-0.15, -0.1) is 0 Å². The van der Waals surface area contributed by atoms with Gasteiger partial charge in [0.2, 0.25) is 0 Å². The van der Waals surface area contributed by atoms with Crippen LogP contribution < -0.4 is 5.73 Å². The van der Waals surface area contributed by atoms with Gasteiger partial charge in [0.1, 0.15) is 18.3 Å². The lowest BCUT2D eigenvalue weighted by molar-refractivity contribution is -0.279. The first-order chi connectivity index (χ1) is 10.6. The van der Waals surface area contributed by atoms with Crippen LogP contribution in [0.25, 0.3) is 0 Å². The van der Waals surface area contributed by atoms with E-state index in [1.165, 1.54) is 12.1 Å². The summed E-state index contributed by atoms with van der Waals surface area (Å²) in [4.78, 5) is 20.6. The van der Waals surface area contributed by atoms with Crippen molar-refractivity contribution in [2.75, 3.05) is 5.73 Å². The number of carboxylic acids is 2. The molecule has 0 amide bonds. The molecule has 8 N–H and O–H groups in total. The second-order valence-electron chi connectivity index (χ2n) is 4.68. The molecule has 128 valence electrons. The van der Waals surface area contributed by atoms with E-state index < -0.39 is 42.6 Å². The molecule has 1 aliphatic rings. The molecule has 0 spiro atoms. The van der Waals surface area contributed by atoms with Crippen LogP contribution in [0.2, 0.25) is 0 Å². The third-order valence-corrected chi connectivity index (χ3v) is 2.99. The molecule has 1 aliphatic heterocycles. The number of nitrogens with two attached hydrogens (primary N) is 1. The Bertz CT molecular complexity index is 547. The maximum atomic E-state index is 10.4. The van der Waals surface area contributed by atoms with Crippen LogP contribution in [0.3, 0.4) is 0 Å². The zero-order valence-corrected chi connectivity index (χ0v) is 11.7. The highest BCUT2D eigenvalue weighted by molar-refractivity contribution is 5.87. The number of ether oxygens (including phenoxy) is 1. The quantitative estimate of drug-likeness (QED) is 0.294. The normalized spacial score (nSPS) is 30.0. The summed E-state index contributed by atoms with van der Waals surface area (Å²) in [6.07, 6.45) is -8.72. The van der Waals surface area contributed by atoms with Crippen molar-refractivity contribution in [2.45, 2.75) is 30.7 Å². The van der Waals surface area contributed by atoms with Crippen molar-refractivity contribution in [3.8, 4) is 0 Å². The highest BCUT2D eigenvalue weighted by Crippen LogP contribution is 2.19. The Morgan fingerprint density at radius 3 is 1.87 bits per heavy atom. The number of aliphatic hydroxyl groups is 4. The van der Waals surface area contributed by atoms with Crippen molar-refractivity contribution in [1.29, 1.82) is 0 Å². The van der Waals surface area contributed by atoms with E-state index in [2.05, 4.69) is 4.74 Å². The summed E-state index contributed by atoms with van der Waals surface area (Å²) >= 11 is 0. The predicted molar refractivity (Wildman–Crippen MR) is 74.3 cm³/mol. The zero-order chi connectivity index (χ0) is 17.7. The minimum atomic E-state index is -1.81. The standard InChI is InChI=1S/C7H7NO2.C6H10O7/c8-6-3-1-5(2-4-6)7(9)10;7-1-2(8)4(5(10)11)13-6(12)3(1)9/h1-4H,8H2,(H,9,10);1-4,6-9,12H,(H,10,11)/t;1-,2-,3+,4-,6?/m.0/s1. The first-order valence-electron chi connectivity index (χ1n) is 6.34. The van der Waals surface area contributed by atoms with Gasteiger partial charge < -0.3 is 41.1 Å². The molecule has 1 fully saturated rings. The van der Waals surface area contributed by atoms with Crippen LogP contribution >= 0.6 is 0 Å². The third-order valence-electron chi connectivity index (χ3n) is 2.99. The fraction of sp³-hybridized carbons (Fsp3) is 0.385. The van der Waals surface area contributed by atoms with Gasteiger partial charge in [-0.1, -0.05) is 0 Å². The summed E-state index contributed by atoms with van der Waals surface area (Å²) in [6, 6.07) is 6.06. The number of hydrogen-bond acceptors (Lipinski definition) is 8. The van der Waals surface area contributed by atoms with Crippen LogP contribution in [0.1, 0.15) is 10.4 Å². The Kier molecular flexibility index (Phi) is 6.42. The average Bonchev–Trinajstić information content (AvgIpc) is 2.49. The van der Waals surface area contributed by atoms with Crippen molar-refractivity contribution in [2.24, 2.45) is 0 Å². The molecule has 0 aromatic heterocycles. The lowest BCUT2D eigenvalue weighted by Gasteiger charge is -2.36. The number of aromatic carboxylic acids is 1. The molecule has 0 aliphatic carbocycles. The summed E-state index contributed by atoms with van der Waals surface area (Å²) < 4.78 is 4.34. The van der Waals surface area contributed by atoms with Gasteiger partial charge in [0.05, 0.1) is 5.56 Å². The van der Waals surface area contributed by atoms with Crippen LogP contribution in [-0.4, -0.2) is 73.3 Å². The van der Waals surface area contributed by atoms with Gasteiger partial charge in [-0.3, -0.25) is 0 Å². The number of carboxylic acid groups (broad SMARTS) is 2. The van der Waals surface area contributed by atoms with Gasteiger partial charge in [0.25, 0.3) is 0 Å². The van der Waals surface area contributed by atoms with Gasteiger partial charge in [0, 0.05) is 5.69 Å². The molecule has 1 aromatic carbocycles. The summed E-state index contributed by atoms with van der Waals surface area (Å²) in [7, 11) is 0. The molecule has 23 heavy (non-hydrogen) atoms. The van der Waals surface area contributed by atoms with Crippen LogP contribution in [0.4, 0.5) is 5.69 Å². The highest BCUT2D eigenvalue weighted by atomic mass is 16.6. The van der Waals surface area contributed by atoms with E-state index >= 15 is 0 Å². The van der Waals surface area contributed by atoms with Crippen molar-refractivity contribution in [1.82, 2.24) is 0 Å². The van der Waals surface area contributed by atoms with E-state index in [9.17, 15) is 9.59 Å². The SMILES string of the molecule is Nc1ccc(C(=O)O)cc1.O=C(O)[C@H]1OC(O)[C@H](O)[C@@H](O)[C@@H]1O. The number of nitrogen functional groups attached to an aromatic ring is 1. The van der Waals surface area contributed by atoms with Gasteiger partial charge in [0.15, 0.2) is 12.4 Å². The lowest BCUT2D eigenvalue weighted by Crippen LogP contribution is -2.59. The lowest BCUT2D eigenvalue weighted by atomic mass is 9.99. The number of hydrogen-bond donors (Lipinski definition) is 7. The van der Waals surface area contributed by atoms with E-state index in [1.54, 1.807) is 12.1 Å². The van der Waals surface area contributed by atoms with E-state index in [-0.39, 0.29) is 5.56 Å². The molecular formula is C13H17NO9. The second kappa shape index (κ2) is 7.85. The van der Waals surface area contributed by atoms with Crippen molar-refractivity contribution < 1.29 is 45.0 Å². The summed E-state index contributed by atoms with van der Waals surface area (Å²) in [6.45, 7) is 0. The summed E-state index contributed by atoms with van der Waals surface area (Å²) in [5.74, 6) is -2.45. The molecule has 10 heteroatoms. The van der Waals surface area contributed by atoms with E-state index in [0.29, 0.717) is 5.69 Å². The number of anilines is 1. The highest BCUT2D eigenvalue weighted by Gasteiger charge is 2.46. The molecule has 1 heterocycles. The Balaban J connectivity index is 0.000000238. The maximum Gasteiger partial charge on any atom is 0.335 e. The van der Waals surface area contributed by atoms with Gasteiger partial charge in [-0.05, 0) is 24.3 Å². The van der Waals surface area contributed by atoms with Gasteiger partial charge in [-0.2, -0.15) is 0 Å². The number of carbonyl (C=O) groups is 2. The van der Waals surface area contributed by atoms with Crippen LogP contribution in [0.15, 0.2) is 24.3 Å². The molecule has 0 radical (unpaired) electrons. The number of rotatable bonds is 2. The first kappa shape index (κ1) is 18.8. The number of aliphatic hydroxyl groups excluding tert-OH is 4. The van der Waals surface area contributed by atoms with E-state index in [1.807, 2.05) is 0 Å². The molecular weight excluding hydrogens is 314 g/mol. The summed E-state index contributed by atoms with van der Waals surface area (Å²) in [5, 5.41) is 52.8. The summed E-state index contributed by atoms with van der Waals surface area (Å²) in [5.41, 5.74) is 6.17. The molecule has 5 atom stereocenters. The van der Waals surface area contributed by atoms with Crippen LogP contribution in [0.5, 0.6) is 0 Å². The first-order valence-corrected chi connectivity index (χ1v) is 6.34. The van der Waals surface area contributed by atoms with Gasteiger partial charge in [-0.25, -0.2) is 9.59 Å². The fourth-order valence-corrected chi connectivity index (χ4v) is 1.69. The minimum Gasteiger partial charge on any atom is -0.479 e. The largest absolute Gasteiger partial charge is 0.479 e. The maximum absolute atomic E-state index is 10.4.